The second-order valence-corrected chi connectivity index (χ2v) is 8.13. The molecule has 0 unspecified atom stereocenters. The number of nitrogens with zero attached hydrogens (tertiary/aromatic N) is 1. The fourth-order valence-corrected chi connectivity index (χ4v) is 3.40. The number of hydrogen-bond donors (Lipinski definition) is 6. The SMILES string of the molecule is CCN(CCCc1ccccc1)CCCc1ccccc1.O=C(O)[C@H](O)[C@@H](O)[C@H](O)[C@H](O)CO. The first-order valence-corrected chi connectivity index (χ1v) is 11.7. The van der Waals surface area contributed by atoms with Gasteiger partial charge in [-0.25, -0.2) is 4.79 Å². The molecule has 0 spiro atoms. The van der Waals surface area contributed by atoms with Crippen molar-refractivity contribution in [2.24, 2.45) is 0 Å². The van der Waals surface area contributed by atoms with Crippen LogP contribution < -0.4 is 0 Å². The van der Waals surface area contributed by atoms with Gasteiger partial charge in [0.05, 0.1) is 6.61 Å². The minimum Gasteiger partial charge on any atom is -0.479 e. The summed E-state index contributed by atoms with van der Waals surface area (Å²) >= 11 is 0. The fourth-order valence-electron chi connectivity index (χ4n) is 3.40. The van der Waals surface area contributed by atoms with Crippen molar-refractivity contribution in [3.8, 4) is 0 Å². The Hall–Kier alpha value is -2.33. The van der Waals surface area contributed by atoms with Crippen molar-refractivity contribution in [3.63, 3.8) is 0 Å². The Bertz CT molecular complexity index is 730. The topological polar surface area (TPSA) is 142 Å². The van der Waals surface area contributed by atoms with Gasteiger partial charge in [-0.15, -0.1) is 0 Å². The van der Waals surface area contributed by atoms with Crippen LogP contribution in [0.25, 0.3) is 0 Å². The number of aliphatic carboxylic acids is 1. The Morgan fingerprint density at radius 2 is 1.24 bits per heavy atom. The van der Waals surface area contributed by atoms with E-state index in [-0.39, 0.29) is 0 Å². The third-order valence-electron chi connectivity index (χ3n) is 5.52. The molecule has 0 saturated heterocycles. The second-order valence-electron chi connectivity index (χ2n) is 8.13. The predicted molar refractivity (Wildman–Crippen MR) is 130 cm³/mol. The monoisotopic (exact) mass is 477 g/mol. The van der Waals surface area contributed by atoms with E-state index in [0.29, 0.717) is 0 Å². The third-order valence-corrected chi connectivity index (χ3v) is 5.52. The quantitative estimate of drug-likeness (QED) is 0.237. The number of aliphatic hydroxyl groups excluding tert-OH is 5. The van der Waals surface area contributed by atoms with Gasteiger partial charge in [0.1, 0.15) is 18.3 Å². The van der Waals surface area contributed by atoms with Gasteiger partial charge in [-0.3, -0.25) is 0 Å². The number of hydrogen-bond acceptors (Lipinski definition) is 7. The van der Waals surface area contributed by atoms with Gasteiger partial charge in [0.2, 0.25) is 0 Å². The van der Waals surface area contributed by atoms with Crippen molar-refractivity contribution in [2.45, 2.75) is 57.0 Å². The molecule has 0 heterocycles. The molecule has 2 aromatic carbocycles. The lowest BCUT2D eigenvalue weighted by atomic mass is 10.0. The van der Waals surface area contributed by atoms with E-state index in [1.807, 2.05) is 0 Å². The van der Waals surface area contributed by atoms with Crippen molar-refractivity contribution in [3.05, 3.63) is 71.8 Å². The van der Waals surface area contributed by atoms with Gasteiger partial charge in [0.15, 0.2) is 6.10 Å². The maximum atomic E-state index is 10.1. The number of carboxylic acid groups (broad SMARTS) is 1. The number of aryl methyl sites for hydroxylation is 2. The first-order chi connectivity index (χ1) is 16.3. The highest BCUT2D eigenvalue weighted by Gasteiger charge is 2.33. The van der Waals surface area contributed by atoms with Crippen molar-refractivity contribution < 1.29 is 35.4 Å². The maximum Gasteiger partial charge on any atom is 0.335 e. The summed E-state index contributed by atoms with van der Waals surface area (Å²) in [5, 5.41) is 51.8. The van der Waals surface area contributed by atoms with E-state index in [1.165, 1.54) is 49.9 Å². The van der Waals surface area contributed by atoms with Crippen molar-refractivity contribution in [2.75, 3.05) is 26.2 Å². The molecule has 0 aliphatic heterocycles. The average molecular weight is 478 g/mol. The van der Waals surface area contributed by atoms with Crippen LogP contribution in [0.15, 0.2) is 60.7 Å². The predicted octanol–water partition coefficient (Wildman–Crippen LogP) is 1.08. The number of carboxylic acids is 1. The number of carbonyl (C=O) groups is 1. The van der Waals surface area contributed by atoms with Crippen molar-refractivity contribution >= 4 is 5.97 Å². The van der Waals surface area contributed by atoms with Gasteiger partial charge in [0.25, 0.3) is 0 Å². The third kappa shape index (κ3) is 11.7. The zero-order valence-electron chi connectivity index (χ0n) is 19.8. The zero-order valence-corrected chi connectivity index (χ0v) is 19.8. The van der Waals surface area contributed by atoms with Gasteiger partial charge < -0.3 is 35.5 Å². The molecule has 0 bridgehead atoms. The molecule has 0 fully saturated rings. The first kappa shape index (κ1) is 29.7. The van der Waals surface area contributed by atoms with Crippen LogP contribution in [-0.4, -0.2) is 92.2 Å². The molecule has 8 heteroatoms. The van der Waals surface area contributed by atoms with Crippen LogP contribution in [0.3, 0.4) is 0 Å². The van der Waals surface area contributed by atoms with Crippen LogP contribution in [0, 0.1) is 0 Å². The Kier molecular flexibility index (Phi) is 15.0. The molecule has 4 atom stereocenters. The molecule has 0 aliphatic carbocycles. The van der Waals surface area contributed by atoms with Crippen LogP contribution in [0.5, 0.6) is 0 Å². The number of aliphatic hydroxyl groups is 5. The van der Waals surface area contributed by atoms with Crippen LogP contribution in [-0.2, 0) is 17.6 Å². The molecule has 0 amide bonds. The maximum absolute atomic E-state index is 10.1. The molecule has 2 aromatic rings. The summed E-state index contributed by atoms with van der Waals surface area (Å²) < 4.78 is 0. The summed E-state index contributed by atoms with van der Waals surface area (Å²) in [6.07, 6.45) is -2.95. The summed E-state index contributed by atoms with van der Waals surface area (Å²) in [6, 6.07) is 21.6. The molecule has 0 saturated carbocycles. The lowest BCUT2D eigenvalue weighted by Gasteiger charge is -2.23. The molecule has 0 aromatic heterocycles. The van der Waals surface area contributed by atoms with Crippen LogP contribution >= 0.6 is 0 Å². The van der Waals surface area contributed by atoms with Gasteiger partial charge in [-0.05, 0) is 56.4 Å². The zero-order chi connectivity index (χ0) is 25.3. The molecule has 6 N–H and O–H groups in total. The number of benzene rings is 2. The van der Waals surface area contributed by atoms with Gasteiger partial charge in [-0.2, -0.15) is 0 Å². The molecular formula is C26H39NO7. The highest BCUT2D eigenvalue weighted by molar-refractivity contribution is 5.72. The Labute approximate surface area is 201 Å². The van der Waals surface area contributed by atoms with Gasteiger partial charge >= 0.3 is 5.97 Å². The minimum absolute atomic E-state index is 0.843. The second kappa shape index (κ2) is 17.2. The van der Waals surface area contributed by atoms with Crippen molar-refractivity contribution in [1.82, 2.24) is 4.90 Å². The lowest BCUT2D eigenvalue weighted by molar-refractivity contribution is -0.164. The molecule has 0 aliphatic rings. The van der Waals surface area contributed by atoms with Gasteiger partial charge in [-0.1, -0.05) is 67.6 Å². The van der Waals surface area contributed by atoms with E-state index < -0.39 is 37.0 Å². The highest BCUT2D eigenvalue weighted by atomic mass is 16.4. The van der Waals surface area contributed by atoms with E-state index in [1.54, 1.807) is 0 Å². The van der Waals surface area contributed by atoms with Crippen LogP contribution in [0.1, 0.15) is 30.9 Å². The van der Waals surface area contributed by atoms with E-state index in [0.717, 1.165) is 6.54 Å². The van der Waals surface area contributed by atoms with E-state index in [2.05, 4.69) is 72.5 Å². The summed E-state index contributed by atoms with van der Waals surface area (Å²) in [4.78, 5) is 12.7. The van der Waals surface area contributed by atoms with Crippen LogP contribution in [0.2, 0.25) is 0 Å². The molecule has 2 rings (SSSR count). The van der Waals surface area contributed by atoms with E-state index in [9.17, 15) is 4.79 Å². The largest absolute Gasteiger partial charge is 0.479 e. The fraction of sp³-hybridized carbons (Fsp3) is 0.500. The normalized spacial score (nSPS) is 14.6. The molecule has 190 valence electrons. The highest BCUT2D eigenvalue weighted by Crippen LogP contribution is 2.07. The van der Waals surface area contributed by atoms with Crippen molar-refractivity contribution in [1.29, 1.82) is 0 Å². The Morgan fingerprint density at radius 3 is 1.59 bits per heavy atom. The molecule has 0 radical (unpaired) electrons. The number of rotatable bonds is 14. The minimum atomic E-state index is -2.20. The van der Waals surface area contributed by atoms with Crippen LogP contribution in [0.4, 0.5) is 0 Å². The molecule has 8 nitrogen and oxygen atoms in total. The summed E-state index contributed by atoms with van der Waals surface area (Å²) in [5.41, 5.74) is 2.91. The summed E-state index contributed by atoms with van der Waals surface area (Å²) in [6.45, 7) is 5.00. The molecule has 34 heavy (non-hydrogen) atoms. The standard InChI is InChI=1S/C20H27N.C6H12O7/c1-2-21(17-9-15-19-11-5-3-6-12-19)18-10-16-20-13-7-4-8-14-20;7-1-2(8)3(9)4(10)5(11)6(12)13/h3-8,11-14H,2,9-10,15-18H2,1H3;2-5,7-11H,1H2,(H,12,13)/t;2-,3-,4+,5-/m.1/s1. The smallest absolute Gasteiger partial charge is 0.335 e. The summed E-state index contributed by atoms with van der Waals surface area (Å²) in [5.74, 6) is -1.73. The van der Waals surface area contributed by atoms with E-state index >= 15 is 0 Å². The van der Waals surface area contributed by atoms with E-state index in [4.69, 9.17) is 30.6 Å². The van der Waals surface area contributed by atoms with Gasteiger partial charge in [0, 0.05) is 0 Å². The summed E-state index contributed by atoms with van der Waals surface area (Å²) in [7, 11) is 0. The first-order valence-electron chi connectivity index (χ1n) is 11.7. The Morgan fingerprint density at radius 1 is 0.794 bits per heavy atom. The lowest BCUT2D eigenvalue weighted by Crippen LogP contribution is -2.48. The molecular weight excluding hydrogens is 438 g/mol. The average Bonchev–Trinajstić information content (AvgIpc) is 2.87. The Balaban J connectivity index is 0.000000385.